The molecule has 4 heteroatoms. The molecule has 0 fully saturated rings. The van der Waals surface area contributed by atoms with Gasteiger partial charge in [0.25, 0.3) is 0 Å². The third kappa shape index (κ3) is 3.20. The summed E-state index contributed by atoms with van der Waals surface area (Å²) in [4.78, 5) is 0. The molecule has 0 saturated carbocycles. The second-order valence-electron chi connectivity index (χ2n) is 3.57. The van der Waals surface area contributed by atoms with Gasteiger partial charge in [-0.05, 0) is 35.9 Å². The van der Waals surface area contributed by atoms with Gasteiger partial charge in [-0.15, -0.1) is 0 Å². The number of halogens is 3. The Morgan fingerprint density at radius 2 is 1.94 bits per heavy atom. The molecule has 0 aliphatic rings. The van der Waals surface area contributed by atoms with E-state index in [1.165, 1.54) is 6.07 Å². The van der Waals surface area contributed by atoms with Crippen LogP contribution in [0.25, 0.3) is 0 Å². The lowest BCUT2D eigenvalue weighted by atomic mass is 10.2. The normalized spacial score (nSPS) is 10.3. The molecular formula is C13H10BrClFN. The summed E-state index contributed by atoms with van der Waals surface area (Å²) < 4.78 is 14.3. The smallest absolute Gasteiger partial charge is 0.146 e. The van der Waals surface area contributed by atoms with Crippen LogP contribution < -0.4 is 5.32 Å². The number of anilines is 1. The molecule has 0 aromatic heterocycles. The molecule has 0 spiro atoms. The Bertz CT molecular complexity index is 531. The summed E-state index contributed by atoms with van der Waals surface area (Å²) in [5.74, 6) is -0.265. The molecule has 88 valence electrons. The minimum absolute atomic E-state index is 0.265. The van der Waals surface area contributed by atoms with Crippen LogP contribution in [0, 0.1) is 5.82 Å². The van der Waals surface area contributed by atoms with Gasteiger partial charge >= 0.3 is 0 Å². The molecule has 1 nitrogen and oxygen atoms in total. The number of hydrogen-bond donors (Lipinski definition) is 1. The van der Waals surface area contributed by atoms with Gasteiger partial charge in [-0.3, -0.25) is 0 Å². The number of para-hydroxylation sites is 1. The van der Waals surface area contributed by atoms with Gasteiger partial charge in [-0.25, -0.2) is 4.39 Å². The molecule has 0 aliphatic heterocycles. The second kappa shape index (κ2) is 5.52. The molecule has 0 radical (unpaired) electrons. The number of benzene rings is 2. The molecule has 2 aromatic rings. The van der Waals surface area contributed by atoms with Crippen molar-refractivity contribution < 1.29 is 4.39 Å². The number of nitrogens with one attached hydrogen (secondary N) is 1. The molecule has 0 atom stereocenters. The Morgan fingerprint density at radius 3 is 2.71 bits per heavy atom. The first-order valence-electron chi connectivity index (χ1n) is 5.09. The van der Waals surface area contributed by atoms with Crippen LogP contribution in [0.1, 0.15) is 5.56 Å². The van der Waals surface area contributed by atoms with Gasteiger partial charge in [0.1, 0.15) is 5.82 Å². The molecule has 2 rings (SSSR count). The van der Waals surface area contributed by atoms with Crippen molar-refractivity contribution in [3.05, 3.63) is 63.3 Å². The highest BCUT2D eigenvalue weighted by Crippen LogP contribution is 2.22. The molecule has 17 heavy (non-hydrogen) atoms. The summed E-state index contributed by atoms with van der Waals surface area (Å²) in [5.41, 5.74) is 1.40. The van der Waals surface area contributed by atoms with E-state index in [1.807, 2.05) is 18.2 Å². The molecule has 0 bridgehead atoms. The standard InChI is InChI=1S/C13H10BrClFN/c14-10-5-6-11(15)9(7-10)8-17-13-4-2-1-3-12(13)16/h1-7,17H,8H2. The summed E-state index contributed by atoms with van der Waals surface area (Å²) in [7, 11) is 0. The Balaban J connectivity index is 2.12. The van der Waals surface area contributed by atoms with Gasteiger partial charge in [0.05, 0.1) is 5.69 Å². The largest absolute Gasteiger partial charge is 0.379 e. The highest BCUT2D eigenvalue weighted by atomic mass is 79.9. The first-order valence-corrected chi connectivity index (χ1v) is 6.26. The zero-order chi connectivity index (χ0) is 12.3. The van der Waals surface area contributed by atoms with Gasteiger partial charge in [0.15, 0.2) is 0 Å². The maximum Gasteiger partial charge on any atom is 0.146 e. The highest BCUT2D eigenvalue weighted by molar-refractivity contribution is 9.10. The lowest BCUT2D eigenvalue weighted by Gasteiger charge is -2.09. The molecular weight excluding hydrogens is 305 g/mol. The fraction of sp³-hybridized carbons (Fsp3) is 0.0769. The molecule has 0 saturated heterocycles. The van der Waals surface area contributed by atoms with E-state index in [0.29, 0.717) is 17.3 Å². The summed E-state index contributed by atoms with van der Waals surface area (Å²) in [5, 5.41) is 3.68. The minimum atomic E-state index is -0.265. The lowest BCUT2D eigenvalue weighted by molar-refractivity contribution is 0.630. The average Bonchev–Trinajstić information content (AvgIpc) is 2.32. The van der Waals surface area contributed by atoms with E-state index >= 15 is 0 Å². The Hall–Kier alpha value is -1.06. The third-order valence-electron chi connectivity index (χ3n) is 2.35. The summed E-state index contributed by atoms with van der Waals surface area (Å²) in [6.07, 6.45) is 0. The molecule has 0 unspecified atom stereocenters. The SMILES string of the molecule is Fc1ccccc1NCc1cc(Br)ccc1Cl. The quantitative estimate of drug-likeness (QED) is 0.853. The fourth-order valence-corrected chi connectivity index (χ4v) is 2.07. The van der Waals surface area contributed by atoms with Crippen molar-refractivity contribution in [2.24, 2.45) is 0 Å². The minimum Gasteiger partial charge on any atom is -0.379 e. The molecule has 1 N–H and O–H groups in total. The first kappa shape index (κ1) is 12.4. The highest BCUT2D eigenvalue weighted by Gasteiger charge is 2.03. The lowest BCUT2D eigenvalue weighted by Crippen LogP contribution is -2.01. The second-order valence-corrected chi connectivity index (χ2v) is 4.89. The predicted octanol–water partition coefficient (Wildman–Crippen LogP) is 4.85. The van der Waals surface area contributed by atoms with Gasteiger partial charge in [0, 0.05) is 16.0 Å². The van der Waals surface area contributed by atoms with Crippen LogP contribution in [0.2, 0.25) is 5.02 Å². The van der Waals surface area contributed by atoms with E-state index in [0.717, 1.165) is 10.0 Å². The van der Waals surface area contributed by atoms with Crippen LogP contribution in [-0.2, 0) is 6.54 Å². The van der Waals surface area contributed by atoms with Crippen molar-refractivity contribution in [3.8, 4) is 0 Å². The van der Waals surface area contributed by atoms with Gasteiger partial charge in [-0.1, -0.05) is 39.7 Å². The van der Waals surface area contributed by atoms with E-state index in [-0.39, 0.29) is 5.82 Å². The summed E-state index contributed by atoms with van der Waals surface area (Å²) in [6.45, 7) is 0.485. The molecule has 2 aromatic carbocycles. The first-order chi connectivity index (χ1) is 8.16. The summed E-state index contributed by atoms with van der Waals surface area (Å²) in [6, 6.07) is 12.2. The van der Waals surface area contributed by atoms with E-state index in [2.05, 4.69) is 21.2 Å². The van der Waals surface area contributed by atoms with Crippen LogP contribution >= 0.6 is 27.5 Å². The van der Waals surface area contributed by atoms with Gasteiger partial charge in [0.2, 0.25) is 0 Å². The van der Waals surface area contributed by atoms with Gasteiger partial charge < -0.3 is 5.32 Å². The van der Waals surface area contributed by atoms with Gasteiger partial charge in [-0.2, -0.15) is 0 Å². The third-order valence-corrected chi connectivity index (χ3v) is 3.21. The van der Waals surface area contributed by atoms with Crippen molar-refractivity contribution in [3.63, 3.8) is 0 Å². The van der Waals surface area contributed by atoms with Crippen LogP contribution in [0.5, 0.6) is 0 Å². The topological polar surface area (TPSA) is 12.0 Å². The monoisotopic (exact) mass is 313 g/mol. The van der Waals surface area contributed by atoms with Crippen LogP contribution in [0.3, 0.4) is 0 Å². The Labute approximate surface area is 113 Å². The Kier molecular flexibility index (Phi) is 4.02. The number of hydrogen-bond acceptors (Lipinski definition) is 1. The van der Waals surface area contributed by atoms with Crippen molar-refractivity contribution in [1.29, 1.82) is 0 Å². The van der Waals surface area contributed by atoms with Crippen molar-refractivity contribution in [1.82, 2.24) is 0 Å². The van der Waals surface area contributed by atoms with E-state index in [4.69, 9.17) is 11.6 Å². The zero-order valence-electron chi connectivity index (χ0n) is 8.88. The van der Waals surface area contributed by atoms with Crippen LogP contribution in [0.15, 0.2) is 46.9 Å². The summed E-state index contributed by atoms with van der Waals surface area (Å²) >= 11 is 9.42. The predicted molar refractivity (Wildman–Crippen MR) is 72.9 cm³/mol. The fourth-order valence-electron chi connectivity index (χ4n) is 1.47. The van der Waals surface area contributed by atoms with E-state index in [1.54, 1.807) is 18.2 Å². The molecule has 0 amide bonds. The number of rotatable bonds is 3. The van der Waals surface area contributed by atoms with Crippen LogP contribution in [-0.4, -0.2) is 0 Å². The maximum atomic E-state index is 13.4. The van der Waals surface area contributed by atoms with Crippen molar-refractivity contribution in [2.75, 3.05) is 5.32 Å². The molecule has 0 heterocycles. The zero-order valence-corrected chi connectivity index (χ0v) is 11.2. The maximum absolute atomic E-state index is 13.4. The van der Waals surface area contributed by atoms with Crippen molar-refractivity contribution in [2.45, 2.75) is 6.54 Å². The Morgan fingerprint density at radius 1 is 1.18 bits per heavy atom. The van der Waals surface area contributed by atoms with Crippen molar-refractivity contribution >= 4 is 33.2 Å². The van der Waals surface area contributed by atoms with E-state index in [9.17, 15) is 4.39 Å². The van der Waals surface area contributed by atoms with E-state index < -0.39 is 0 Å². The average molecular weight is 315 g/mol. The van der Waals surface area contributed by atoms with Crippen LogP contribution in [0.4, 0.5) is 10.1 Å². The molecule has 0 aliphatic carbocycles.